The molecule has 21 heavy (non-hydrogen) atoms. The number of carbonyl (C=O) groups is 2. The van der Waals surface area contributed by atoms with Crippen molar-refractivity contribution in [1.82, 2.24) is 10.2 Å². The summed E-state index contributed by atoms with van der Waals surface area (Å²) in [5.74, 6) is -0.0302. The van der Waals surface area contributed by atoms with Crippen molar-refractivity contribution in [2.45, 2.75) is 25.7 Å². The van der Waals surface area contributed by atoms with E-state index < -0.39 is 6.80 Å². The molecular formula is C12H21N2O5PS. The number of rotatable bonds is 7. The second-order valence-corrected chi connectivity index (χ2v) is 9.25. The smallest absolute Gasteiger partial charge is 0.317 e. The maximum atomic E-state index is 12.2. The minimum atomic E-state index is -4.01. The summed E-state index contributed by atoms with van der Waals surface area (Å²) in [6.07, 6.45) is 3.67. The lowest BCUT2D eigenvalue weighted by atomic mass is 9.81. The second kappa shape index (κ2) is 7.24. The lowest BCUT2D eigenvalue weighted by molar-refractivity contribution is -0.139. The van der Waals surface area contributed by atoms with Crippen molar-refractivity contribution in [2.24, 2.45) is 11.8 Å². The van der Waals surface area contributed by atoms with Gasteiger partial charge in [0.1, 0.15) is 0 Å². The number of nitrogens with one attached hydrogen (secondary N) is 1. The molecule has 0 unspecified atom stereocenters. The Balaban J connectivity index is 1.70. The quantitative estimate of drug-likeness (QED) is 0.354. The fourth-order valence-corrected chi connectivity index (χ4v) is 4.46. The van der Waals surface area contributed by atoms with Crippen LogP contribution < -0.4 is 5.32 Å². The Morgan fingerprint density at radius 2 is 1.71 bits per heavy atom. The Morgan fingerprint density at radius 3 is 2.24 bits per heavy atom. The Morgan fingerprint density at radius 1 is 1.14 bits per heavy atom. The molecule has 0 radical (unpaired) electrons. The molecule has 1 aliphatic carbocycles. The second-order valence-electron chi connectivity index (χ2n) is 5.40. The topological polar surface area (TPSA) is 107 Å². The van der Waals surface area contributed by atoms with E-state index in [-0.39, 0.29) is 29.4 Å². The summed E-state index contributed by atoms with van der Waals surface area (Å²) in [4.78, 5) is 43.1. The molecule has 2 amide bonds. The summed E-state index contributed by atoms with van der Waals surface area (Å²) in [5, 5.41) is 3.00. The van der Waals surface area contributed by atoms with Crippen molar-refractivity contribution in [3.05, 3.63) is 0 Å². The van der Waals surface area contributed by atoms with Crippen molar-refractivity contribution < 1.29 is 23.9 Å². The Hall–Kier alpha value is -0.400. The molecule has 1 heterocycles. The van der Waals surface area contributed by atoms with Crippen LogP contribution in [0.1, 0.15) is 25.7 Å². The van der Waals surface area contributed by atoms with E-state index in [9.17, 15) is 14.2 Å². The molecule has 3 N–H and O–H groups in total. The SMILES string of the molecule is O=C1[C@H]2CCCC[C@H]2C(=O)N1CCNCCSP(=O)(O)O. The summed E-state index contributed by atoms with van der Waals surface area (Å²) >= 11 is 0.590. The molecule has 2 atom stereocenters. The predicted molar refractivity (Wildman–Crippen MR) is 79.5 cm³/mol. The molecule has 120 valence electrons. The highest BCUT2D eigenvalue weighted by Crippen LogP contribution is 2.49. The van der Waals surface area contributed by atoms with Gasteiger partial charge in [0.2, 0.25) is 11.8 Å². The van der Waals surface area contributed by atoms with Gasteiger partial charge in [-0.2, -0.15) is 0 Å². The molecule has 0 spiro atoms. The summed E-state index contributed by atoms with van der Waals surface area (Å²) in [5.41, 5.74) is 0. The first-order valence-corrected chi connectivity index (χ1v) is 10.4. The summed E-state index contributed by atoms with van der Waals surface area (Å²) in [6.45, 7) is -2.79. The van der Waals surface area contributed by atoms with E-state index in [2.05, 4.69) is 5.32 Å². The number of fused-ring (bicyclic) bond motifs is 1. The zero-order chi connectivity index (χ0) is 15.5. The highest BCUT2D eigenvalue weighted by Gasteiger charge is 2.47. The van der Waals surface area contributed by atoms with E-state index in [1.54, 1.807) is 0 Å². The lowest BCUT2D eigenvalue weighted by Crippen LogP contribution is -2.37. The number of amides is 2. The van der Waals surface area contributed by atoms with Gasteiger partial charge in [0.25, 0.3) is 0 Å². The molecular weight excluding hydrogens is 315 g/mol. The monoisotopic (exact) mass is 336 g/mol. The van der Waals surface area contributed by atoms with Gasteiger partial charge >= 0.3 is 6.80 Å². The standard InChI is InChI=1S/C12H21N2O5PS/c15-11-9-3-1-2-4-10(9)12(16)14(11)7-5-13-6-8-21-20(17,18)19/h9-10,13H,1-8H2,(H2,17,18,19)/t9-,10+. The number of imide groups is 1. The van der Waals surface area contributed by atoms with Crippen molar-refractivity contribution in [1.29, 1.82) is 0 Å². The summed E-state index contributed by atoms with van der Waals surface area (Å²) < 4.78 is 10.6. The Labute approximate surface area is 127 Å². The van der Waals surface area contributed by atoms with Crippen LogP contribution in [-0.2, 0) is 14.2 Å². The average Bonchev–Trinajstić information content (AvgIpc) is 2.66. The van der Waals surface area contributed by atoms with Gasteiger partial charge in [0.05, 0.1) is 11.8 Å². The van der Waals surface area contributed by atoms with Crippen LogP contribution in [-0.4, -0.2) is 51.9 Å². The van der Waals surface area contributed by atoms with Crippen molar-refractivity contribution >= 4 is 30.0 Å². The van der Waals surface area contributed by atoms with Crippen LogP contribution in [0.2, 0.25) is 0 Å². The third-order valence-electron chi connectivity index (χ3n) is 3.98. The first kappa shape index (κ1) is 17.0. The van der Waals surface area contributed by atoms with Crippen LogP contribution in [0, 0.1) is 11.8 Å². The molecule has 7 nitrogen and oxygen atoms in total. The molecule has 2 fully saturated rings. The third kappa shape index (κ3) is 4.53. The number of hydrogen-bond donors (Lipinski definition) is 3. The van der Waals surface area contributed by atoms with Gasteiger partial charge in [-0.3, -0.25) is 14.5 Å². The maximum absolute atomic E-state index is 12.2. The zero-order valence-corrected chi connectivity index (χ0v) is 13.4. The van der Waals surface area contributed by atoms with Crippen LogP contribution in [0.3, 0.4) is 0 Å². The van der Waals surface area contributed by atoms with Gasteiger partial charge in [-0.05, 0) is 24.2 Å². The van der Waals surface area contributed by atoms with E-state index in [1.807, 2.05) is 0 Å². The molecule has 0 aromatic carbocycles. The number of nitrogens with zero attached hydrogens (tertiary/aromatic N) is 1. The highest BCUT2D eigenvalue weighted by atomic mass is 32.7. The normalized spacial score (nSPS) is 26.3. The maximum Gasteiger partial charge on any atom is 0.384 e. The highest BCUT2D eigenvalue weighted by molar-refractivity contribution is 8.54. The largest absolute Gasteiger partial charge is 0.384 e. The minimum absolute atomic E-state index is 0.0453. The van der Waals surface area contributed by atoms with E-state index in [0.717, 1.165) is 25.7 Å². The average molecular weight is 336 g/mol. The molecule has 1 aliphatic heterocycles. The van der Waals surface area contributed by atoms with Crippen LogP contribution in [0.15, 0.2) is 0 Å². The van der Waals surface area contributed by atoms with Gasteiger partial charge in [-0.25, -0.2) is 4.57 Å². The first-order valence-electron chi connectivity index (χ1n) is 7.16. The van der Waals surface area contributed by atoms with Gasteiger partial charge in [0, 0.05) is 25.4 Å². The van der Waals surface area contributed by atoms with Gasteiger partial charge in [-0.15, -0.1) is 0 Å². The van der Waals surface area contributed by atoms with Crippen LogP contribution in [0.25, 0.3) is 0 Å². The van der Waals surface area contributed by atoms with E-state index in [0.29, 0.717) is 31.0 Å². The third-order valence-corrected chi connectivity index (χ3v) is 6.26. The fourth-order valence-electron chi connectivity index (χ4n) is 3.00. The van der Waals surface area contributed by atoms with Crippen LogP contribution in [0.5, 0.6) is 0 Å². The molecule has 0 aromatic heterocycles. The van der Waals surface area contributed by atoms with Crippen LogP contribution in [0.4, 0.5) is 0 Å². The number of likely N-dealkylation sites (tertiary alicyclic amines) is 1. The number of hydrogen-bond acceptors (Lipinski definition) is 5. The molecule has 1 saturated carbocycles. The Kier molecular flexibility index (Phi) is 5.85. The van der Waals surface area contributed by atoms with E-state index in [4.69, 9.17) is 9.79 Å². The molecule has 2 aliphatic rings. The predicted octanol–water partition coefficient (Wildman–Crippen LogP) is 0.577. The van der Waals surface area contributed by atoms with Crippen LogP contribution >= 0.6 is 18.2 Å². The van der Waals surface area contributed by atoms with Crippen molar-refractivity contribution in [2.75, 3.05) is 25.4 Å². The summed E-state index contributed by atoms with van der Waals surface area (Å²) in [6, 6.07) is 0. The molecule has 9 heteroatoms. The van der Waals surface area contributed by atoms with E-state index in [1.165, 1.54) is 4.90 Å². The summed E-state index contributed by atoms with van der Waals surface area (Å²) in [7, 11) is 0. The molecule has 2 rings (SSSR count). The number of carbonyl (C=O) groups excluding carboxylic acids is 2. The lowest BCUT2D eigenvalue weighted by Gasteiger charge is -2.19. The molecule has 0 bridgehead atoms. The van der Waals surface area contributed by atoms with Gasteiger partial charge in [0.15, 0.2) is 0 Å². The molecule has 0 aromatic rings. The minimum Gasteiger partial charge on any atom is -0.317 e. The van der Waals surface area contributed by atoms with E-state index >= 15 is 0 Å². The van der Waals surface area contributed by atoms with Crippen molar-refractivity contribution in [3.63, 3.8) is 0 Å². The van der Waals surface area contributed by atoms with Gasteiger partial charge < -0.3 is 15.1 Å². The first-order chi connectivity index (χ1) is 9.90. The van der Waals surface area contributed by atoms with Crippen molar-refractivity contribution in [3.8, 4) is 0 Å². The zero-order valence-electron chi connectivity index (χ0n) is 11.7. The molecule has 1 saturated heterocycles. The van der Waals surface area contributed by atoms with Gasteiger partial charge in [-0.1, -0.05) is 12.8 Å². The fraction of sp³-hybridized carbons (Fsp3) is 0.833. The Bertz CT molecular complexity index is 431.